The number of hydrogen-bond donors (Lipinski definition) is 0. The fourth-order valence-corrected chi connectivity index (χ4v) is 2.71. The Morgan fingerprint density at radius 1 is 1.14 bits per heavy atom. The summed E-state index contributed by atoms with van der Waals surface area (Å²) in [6.07, 6.45) is 3.37. The number of carbonyl (C=O) groups excluding carboxylic acids is 1. The van der Waals surface area contributed by atoms with Crippen molar-refractivity contribution in [3.05, 3.63) is 35.5 Å². The standard InChI is InChI=1S/C15H20N6O/c1-11-8-14(18-12(2)17-11)20-4-6-21(7-5-20)15(22)13-9-16-19(3)10-13/h8-10H,4-7H2,1-3H3. The number of carbonyl (C=O) groups is 1. The third-order valence-electron chi connectivity index (χ3n) is 3.80. The molecule has 1 amide bonds. The van der Waals surface area contributed by atoms with E-state index >= 15 is 0 Å². The van der Waals surface area contributed by atoms with Crippen molar-refractivity contribution < 1.29 is 4.79 Å². The van der Waals surface area contributed by atoms with Gasteiger partial charge in [0.05, 0.1) is 11.8 Å². The average molecular weight is 300 g/mol. The molecule has 3 rings (SSSR count). The van der Waals surface area contributed by atoms with Gasteiger partial charge in [-0.2, -0.15) is 5.10 Å². The van der Waals surface area contributed by atoms with E-state index in [1.807, 2.05) is 31.9 Å². The summed E-state index contributed by atoms with van der Waals surface area (Å²) in [7, 11) is 1.81. The molecule has 0 aliphatic carbocycles. The molecule has 1 aliphatic heterocycles. The maximum Gasteiger partial charge on any atom is 0.257 e. The van der Waals surface area contributed by atoms with Crippen molar-refractivity contribution in [1.29, 1.82) is 0 Å². The fraction of sp³-hybridized carbons (Fsp3) is 0.467. The van der Waals surface area contributed by atoms with Crippen molar-refractivity contribution in [2.45, 2.75) is 13.8 Å². The van der Waals surface area contributed by atoms with Crippen LogP contribution in [0, 0.1) is 13.8 Å². The first-order valence-corrected chi connectivity index (χ1v) is 7.38. The topological polar surface area (TPSA) is 67.2 Å². The maximum atomic E-state index is 12.4. The van der Waals surface area contributed by atoms with Crippen LogP contribution < -0.4 is 4.90 Å². The summed E-state index contributed by atoms with van der Waals surface area (Å²) >= 11 is 0. The summed E-state index contributed by atoms with van der Waals surface area (Å²) in [5.74, 6) is 1.77. The van der Waals surface area contributed by atoms with E-state index in [2.05, 4.69) is 20.0 Å². The van der Waals surface area contributed by atoms with Gasteiger partial charge in [-0.1, -0.05) is 0 Å². The molecule has 0 bridgehead atoms. The zero-order valence-electron chi connectivity index (χ0n) is 13.2. The predicted molar refractivity (Wildman–Crippen MR) is 82.8 cm³/mol. The number of anilines is 1. The smallest absolute Gasteiger partial charge is 0.257 e. The highest BCUT2D eigenvalue weighted by Crippen LogP contribution is 2.16. The first kappa shape index (κ1) is 14.5. The molecule has 2 aromatic heterocycles. The second-order valence-corrected chi connectivity index (χ2v) is 5.60. The molecule has 1 saturated heterocycles. The van der Waals surface area contributed by atoms with E-state index in [1.165, 1.54) is 0 Å². The summed E-state index contributed by atoms with van der Waals surface area (Å²) in [5, 5.41) is 4.06. The lowest BCUT2D eigenvalue weighted by Gasteiger charge is -2.35. The van der Waals surface area contributed by atoms with E-state index in [-0.39, 0.29) is 5.91 Å². The molecule has 0 spiro atoms. The lowest BCUT2D eigenvalue weighted by Crippen LogP contribution is -2.49. The zero-order chi connectivity index (χ0) is 15.7. The summed E-state index contributed by atoms with van der Waals surface area (Å²) in [5.41, 5.74) is 1.61. The van der Waals surface area contributed by atoms with Gasteiger partial charge in [0, 0.05) is 51.2 Å². The quantitative estimate of drug-likeness (QED) is 0.820. The predicted octanol–water partition coefficient (Wildman–Crippen LogP) is 0.789. The maximum absolute atomic E-state index is 12.4. The number of rotatable bonds is 2. The van der Waals surface area contributed by atoms with Crippen LogP contribution in [0.25, 0.3) is 0 Å². The Bertz CT molecular complexity index is 667. The van der Waals surface area contributed by atoms with Gasteiger partial charge in [0.2, 0.25) is 0 Å². The highest BCUT2D eigenvalue weighted by Gasteiger charge is 2.23. The molecular formula is C15H20N6O. The molecule has 7 nitrogen and oxygen atoms in total. The molecule has 3 heterocycles. The Morgan fingerprint density at radius 3 is 2.45 bits per heavy atom. The minimum Gasteiger partial charge on any atom is -0.353 e. The van der Waals surface area contributed by atoms with Crippen molar-refractivity contribution in [3.8, 4) is 0 Å². The van der Waals surface area contributed by atoms with Crippen molar-refractivity contribution in [3.63, 3.8) is 0 Å². The molecule has 116 valence electrons. The van der Waals surface area contributed by atoms with Crippen LogP contribution in [0.5, 0.6) is 0 Å². The van der Waals surface area contributed by atoms with Gasteiger partial charge in [0.1, 0.15) is 11.6 Å². The van der Waals surface area contributed by atoms with Gasteiger partial charge in [-0.3, -0.25) is 9.48 Å². The molecule has 0 unspecified atom stereocenters. The average Bonchev–Trinajstić information content (AvgIpc) is 2.92. The monoisotopic (exact) mass is 300 g/mol. The Morgan fingerprint density at radius 2 is 1.86 bits per heavy atom. The molecule has 0 atom stereocenters. The van der Waals surface area contributed by atoms with Gasteiger partial charge in [-0.05, 0) is 13.8 Å². The first-order valence-electron chi connectivity index (χ1n) is 7.38. The molecule has 2 aromatic rings. The lowest BCUT2D eigenvalue weighted by molar-refractivity contribution is 0.0746. The van der Waals surface area contributed by atoms with Crippen molar-refractivity contribution in [2.24, 2.45) is 7.05 Å². The molecule has 0 N–H and O–H groups in total. The molecule has 22 heavy (non-hydrogen) atoms. The second-order valence-electron chi connectivity index (χ2n) is 5.60. The number of hydrogen-bond acceptors (Lipinski definition) is 5. The molecule has 0 aromatic carbocycles. The van der Waals surface area contributed by atoms with Gasteiger partial charge < -0.3 is 9.80 Å². The summed E-state index contributed by atoms with van der Waals surface area (Å²) in [4.78, 5) is 25.3. The third-order valence-corrected chi connectivity index (χ3v) is 3.80. The van der Waals surface area contributed by atoms with Crippen LogP contribution in [0.4, 0.5) is 5.82 Å². The Kier molecular flexibility index (Phi) is 3.79. The van der Waals surface area contributed by atoms with Crippen LogP contribution in [0.2, 0.25) is 0 Å². The fourth-order valence-electron chi connectivity index (χ4n) is 2.71. The number of amides is 1. The van der Waals surface area contributed by atoms with Crippen LogP contribution in [0.3, 0.4) is 0 Å². The summed E-state index contributed by atoms with van der Waals surface area (Å²) in [6, 6.07) is 1.99. The van der Waals surface area contributed by atoms with E-state index < -0.39 is 0 Å². The third kappa shape index (κ3) is 2.93. The molecule has 1 fully saturated rings. The van der Waals surface area contributed by atoms with Gasteiger partial charge in [-0.25, -0.2) is 9.97 Å². The number of nitrogens with zero attached hydrogens (tertiary/aromatic N) is 6. The van der Waals surface area contributed by atoms with Crippen LogP contribution in [-0.2, 0) is 7.05 Å². The number of piperazine rings is 1. The summed E-state index contributed by atoms with van der Waals surface area (Å²) < 4.78 is 1.65. The van der Waals surface area contributed by atoms with Crippen molar-refractivity contribution >= 4 is 11.7 Å². The van der Waals surface area contributed by atoms with E-state index in [0.29, 0.717) is 18.7 Å². The highest BCUT2D eigenvalue weighted by atomic mass is 16.2. The Balaban J connectivity index is 1.66. The zero-order valence-corrected chi connectivity index (χ0v) is 13.2. The lowest BCUT2D eigenvalue weighted by atomic mass is 10.2. The van der Waals surface area contributed by atoms with Crippen molar-refractivity contribution in [2.75, 3.05) is 31.1 Å². The van der Waals surface area contributed by atoms with Crippen LogP contribution in [0.1, 0.15) is 21.9 Å². The van der Waals surface area contributed by atoms with Crippen LogP contribution in [-0.4, -0.2) is 56.7 Å². The van der Waals surface area contributed by atoms with Crippen LogP contribution in [0.15, 0.2) is 18.5 Å². The molecule has 0 radical (unpaired) electrons. The molecule has 0 saturated carbocycles. The second kappa shape index (κ2) is 5.75. The number of aromatic nitrogens is 4. The molecule has 7 heteroatoms. The molecule has 1 aliphatic rings. The van der Waals surface area contributed by atoms with E-state index in [1.54, 1.807) is 17.1 Å². The van der Waals surface area contributed by atoms with E-state index in [9.17, 15) is 4.79 Å². The van der Waals surface area contributed by atoms with Crippen molar-refractivity contribution in [1.82, 2.24) is 24.6 Å². The van der Waals surface area contributed by atoms with Crippen LogP contribution >= 0.6 is 0 Å². The largest absolute Gasteiger partial charge is 0.353 e. The first-order chi connectivity index (χ1) is 10.5. The van der Waals surface area contributed by atoms with Gasteiger partial charge >= 0.3 is 0 Å². The van der Waals surface area contributed by atoms with Gasteiger partial charge in [0.15, 0.2) is 0 Å². The molecular weight excluding hydrogens is 280 g/mol. The minimum absolute atomic E-state index is 0.0443. The summed E-state index contributed by atoms with van der Waals surface area (Å²) in [6.45, 7) is 6.81. The SMILES string of the molecule is Cc1cc(N2CCN(C(=O)c3cnn(C)c3)CC2)nc(C)n1. The minimum atomic E-state index is 0.0443. The Labute approximate surface area is 129 Å². The highest BCUT2D eigenvalue weighted by molar-refractivity contribution is 5.93. The van der Waals surface area contributed by atoms with Gasteiger partial charge in [0.25, 0.3) is 5.91 Å². The normalized spacial score (nSPS) is 15.2. The van der Waals surface area contributed by atoms with E-state index in [4.69, 9.17) is 0 Å². The number of aryl methyl sites for hydroxylation is 3. The van der Waals surface area contributed by atoms with Gasteiger partial charge in [-0.15, -0.1) is 0 Å². The van der Waals surface area contributed by atoms with E-state index in [0.717, 1.165) is 30.4 Å². The Hall–Kier alpha value is -2.44.